The smallest absolute Gasteiger partial charge is 0.300 e. The fourth-order valence-corrected chi connectivity index (χ4v) is 4.51. The zero-order chi connectivity index (χ0) is 24.7. The molecule has 2 heterocycles. The Morgan fingerprint density at radius 1 is 0.943 bits per heavy atom. The van der Waals surface area contributed by atoms with E-state index in [1.54, 1.807) is 36.4 Å². The first-order chi connectivity index (χ1) is 16.9. The molecule has 5 rings (SSSR count). The molecule has 0 spiro atoms. The third kappa shape index (κ3) is 3.63. The van der Waals surface area contributed by atoms with Crippen LogP contribution in [0.2, 0.25) is 0 Å². The van der Waals surface area contributed by atoms with E-state index in [1.807, 2.05) is 31.2 Å². The van der Waals surface area contributed by atoms with E-state index in [4.69, 9.17) is 18.9 Å². The second kappa shape index (κ2) is 8.72. The summed E-state index contributed by atoms with van der Waals surface area (Å²) in [5.41, 5.74) is 2.17. The maximum absolute atomic E-state index is 13.5. The molecular formula is C27H23NO7. The summed E-state index contributed by atoms with van der Waals surface area (Å²) in [7, 11) is 2.91. The van der Waals surface area contributed by atoms with Gasteiger partial charge >= 0.3 is 0 Å². The molecule has 3 aromatic carbocycles. The van der Waals surface area contributed by atoms with Crippen molar-refractivity contribution in [3.63, 3.8) is 0 Å². The number of fused-ring (bicyclic) bond motifs is 1. The van der Waals surface area contributed by atoms with Gasteiger partial charge in [-0.3, -0.25) is 14.5 Å². The van der Waals surface area contributed by atoms with Crippen molar-refractivity contribution < 1.29 is 33.6 Å². The number of ether oxygens (including phenoxy) is 4. The molecule has 1 fully saturated rings. The summed E-state index contributed by atoms with van der Waals surface area (Å²) < 4.78 is 21.8. The van der Waals surface area contributed by atoms with Gasteiger partial charge < -0.3 is 24.1 Å². The highest BCUT2D eigenvalue weighted by atomic mass is 16.7. The molecule has 35 heavy (non-hydrogen) atoms. The second-order valence-electron chi connectivity index (χ2n) is 8.16. The molecule has 0 aliphatic carbocycles. The maximum atomic E-state index is 13.5. The van der Waals surface area contributed by atoms with Crippen molar-refractivity contribution in [3.8, 4) is 23.0 Å². The van der Waals surface area contributed by atoms with Crippen molar-refractivity contribution in [1.82, 2.24) is 0 Å². The number of methoxy groups -OCH3 is 2. The SMILES string of the molecule is COc1cccc(OC)c1/C(O)=C1\C(=O)C(=O)N(c2ccc3c(c2)OCO3)C1c1cccc(C)c1. The van der Waals surface area contributed by atoms with Crippen molar-refractivity contribution in [2.45, 2.75) is 13.0 Å². The lowest BCUT2D eigenvalue weighted by atomic mass is 9.93. The number of anilines is 1. The van der Waals surface area contributed by atoms with E-state index in [-0.39, 0.29) is 23.7 Å². The molecule has 0 aromatic heterocycles. The number of aliphatic hydroxyl groups excluding tert-OH is 1. The largest absolute Gasteiger partial charge is 0.506 e. The molecule has 1 atom stereocenters. The Morgan fingerprint density at radius 2 is 1.63 bits per heavy atom. The van der Waals surface area contributed by atoms with E-state index >= 15 is 0 Å². The standard InChI is InChI=1S/C27H23NO7/c1-15-6-4-7-16(12-15)24-23(25(29)22-19(32-2)8-5-9-20(22)33-3)26(30)27(31)28(24)17-10-11-18-21(13-17)35-14-34-18/h4-13,24,29H,14H2,1-3H3/b25-23+. The van der Waals surface area contributed by atoms with Crippen LogP contribution in [0.3, 0.4) is 0 Å². The summed E-state index contributed by atoms with van der Waals surface area (Å²) in [4.78, 5) is 28.3. The summed E-state index contributed by atoms with van der Waals surface area (Å²) >= 11 is 0. The van der Waals surface area contributed by atoms with E-state index < -0.39 is 17.7 Å². The highest BCUT2D eigenvalue weighted by Crippen LogP contribution is 2.46. The molecule has 2 aliphatic rings. The van der Waals surface area contributed by atoms with Gasteiger partial charge in [0.15, 0.2) is 11.5 Å². The first-order valence-corrected chi connectivity index (χ1v) is 10.9. The predicted octanol–water partition coefficient (Wildman–Crippen LogP) is 4.37. The Labute approximate surface area is 201 Å². The fraction of sp³-hybridized carbons (Fsp3) is 0.185. The van der Waals surface area contributed by atoms with Crippen LogP contribution >= 0.6 is 0 Å². The van der Waals surface area contributed by atoms with Gasteiger partial charge in [0.1, 0.15) is 22.8 Å². The zero-order valence-corrected chi connectivity index (χ0v) is 19.4. The average molecular weight is 473 g/mol. The Morgan fingerprint density at radius 3 is 2.31 bits per heavy atom. The van der Waals surface area contributed by atoms with Gasteiger partial charge in [-0.25, -0.2) is 0 Å². The Bertz CT molecular complexity index is 1360. The first-order valence-electron chi connectivity index (χ1n) is 10.9. The molecule has 2 aliphatic heterocycles. The summed E-state index contributed by atoms with van der Waals surface area (Å²) in [6, 6.07) is 16.6. The van der Waals surface area contributed by atoms with E-state index in [9.17, 15) is 14.7 Å². The van der Waals surface area contributed by atoms with Gasteiger partial charge in [0.2, 0.25) is 6.79 Å². The molecule has 3 aromatic rings. The zero-order valence-electron chi connectivity index (χ0n) is 19.4. The van der Waals surface area contributed by atoms with Crippen molar-refractivity contribution in [2.75, 3.05) is 25.9 Å². The second-order valence-corrected chi connectivity index (χ2v) is 8.16. The topological polar surface area (TPSA) is 94.5 Å². The van der Waals surface area contributed by atoms with Crippen molar-refractivity contribution in [2.24, 2.45) is 0 Å². The molecule has 8 heteroatoms. The van der Waals surface area contributed by atoms with E-state index in [0.717, 1.165) is 5.56 Å². The fourth-order valence-electron chi connectivity index (χ4n) is 4.51. The summed E-state index contributed by atoms with van der Waals surface area (Å²) in [5, 5.41) is 11.5. The average Bonchev–Trinajstić information content (AvgIpc) is 3.44. The van der Waals surface area contributed by atoms with Crippen molar-refractivity contribution in [3.05, 3.63) is 82.9 Å². The summed E-state index contributed by atoms with van der Waals surface area (Å²) in [5.74, 6) is -0.342. The van der Waals surface area contributed by atoms with Crippen LogP contribution in [0.1, 0.15) is 22.7 Å². The number of carbonyl (C=O) groups excluding carboxylic acids is 2. The van der Waals surface area contributed by atoms with Gasteiger partial charge in [-0.15, -0.1) is 0 Å². The van der Waals surface area contributed by atoms with Gasteiger partial charge in [-0.2, -0.15) is 0 Å². The van der Waals surface area contributed by atoms with E-state index in [1.165, 1.54) is 19.1 Å². The minimum absolute atomic E-state index is 0.0685. The van der Waals surface area contributed by atoms with Crippen LogP contribution in [0.5, 0.6) is 23.0 Å². The third-order valence-corrected chi connectivity index (χ3v) is 6.10. The normalized spacial score (nSPS) is 18.1. The molecule has 1 amide bonds. The lowest BCUT2D eigenvalue weighted by molar-refractivity contribution is -0.132. The number of carbonyl (C=O) groups is 2. The number of benzene rings is 3. The van der Waals surface area contributed by atoms with Crippen LogP contribution in [0.15, 0.2) is 66.2 Å². The number of hydrogen-bond acceptors (Lipinski definition) is 7. The number of rotatable bonds is 5. The van der Waals surface area contributed by atoms with Crippen LogP contribution in [0, 0.1) is 6.92 Å². The highest BCUT2D eigenvalue weighted by Gasteiger charge is 2.47. The minimum Gasteiger partial charge on any atom is -0.506 e. The lowest BCUT2D eigenvalue weighted by Crippen LogP contribution is -2.29. The van der Waals surface area contributed by atoms with Crippen LogP contribution in [-0.4, -0.2) is 37.8 Å². The third-order valence-electron chi connectivity index (χ3n) is 6.10. The Hall–Kier alpha value is -4.46. The quantitative estimate of drug-likeness (QED) is 0.334. The van der Waals surface area contributed by atoms with Gasteiger partial charge in [0, 0.05) is 11.8 Å². The van der Waals surface area contributed by atoms with Crippen molar-refractivity contribution >= 4 is 23.1 Å². The number of Topliss-reactive ketones (excluding diaryl/α,β-unsaturated/α-hetero) is 1. The number of aliphatic hydroxyl groups is 1. The van der Waals surface area contributed by atoms with Crippen LogP contribution < -0.4 is 23.8 Å². The van der Waals surface area contributed by atoms with Gasteiger partial charge in [0.05, 0.1) is 25.8 Å². The number of ketones is 1. The molecular weight excluding hydrogens is 450 g/mol. The Balaban J connectivity index is 1.76. The van der Waals surface area contributed by atoms with Crippen LogP contribution in [0.4, 0.5) is 5.69 Å². The van der Waals surface area contributed by atoms with Crippen molar-refractivity contribution in [1.29, 1.82) is 0 Å². The van der Waals surface area contributed by atoms with Gasteiger partial charge in [0.25, 0.3) is 11.7 Å². The van der Waals surface area contributed by atoms with Crippen LogP contribution in [-0.2, 0) is 9.59 Å². The molecule has 1 N–H and O–H groups in total. The Kier molecular flexibility index (Phi) is 5.56. The molecule has 178 valence electrons. The first kappa shape index (κ1) is 22.3. The summed E-state index contributed by atoms with van der Waals surface area (Å²) in [6.45, 7) is 1.99. The molecule has 0 bridgehead atoms. The molecule has 1 saturated heterocycles. The van der Waals surface area contributed by atoms with E-state index in [0.29, 0.717) is 34.2 Å². The number of nitrogens with zero attached hydrogens (tertiary/aromatic N) is 1. The molecule has 0 saturated carbocycles. The molecule has 8 nitrogen and oxygen atoms in total. The van der Waals surface area contributed by atoms with Crippen LogP contribution in [0.25, 0.3) is 5.76 Å². The minimum atomic E-state index is -0.898. The van der Waals surface area contributed by atoms with E-state index in [2.05, 4.69) is 0 Å². The molecule has 1 unspecified atom stereocenters. The summed E-state index contributed by atoms with van der Waals surface area (Å²) in [6.07, 6.45) is 0. The maximum Gasteiger partial charge on any atom is 0.300 e. The highest BCUT2D eigenvalue weighted by molar-refractivity contribution is 6.51. The number of aryl methyl sites for hydroxylation is 1. The van der Waals surface area contributed by atoms with Gasteiger partial charge in [-0.05, 0) is 36.8 Å². The van der Waals surface area contributed by atoms with Gasteiger partial charge in [-0.1, -0.05) is 35.9 Å². The number of hydrogen-bond donors (Lipinski definition) is 1. The lowest BCUT2D eigenvalue weighted by Gasteiger charge is -2.26. The number of amides is 1. The monoisotopic (exact) mass is 473 g/mol. The predicted molar refractivity (Wildman–Crippen MR) is 128 cm³/mol. The molecule has 0 radical (unpaired) electrons.